The minimum atomic E-state index is -0.271. The van der Waals surface area contributed by atoms with Gasteiger partial charge in [0, 0.05) is 38.4 Å². The Morgan fingerprint density at radius 2 is 1.73 bits per heavy atom. The smallest absolute Gasteiger partial charge is 0.277 e. The quantitative estimate of drug-likeness (QED) is 0.482. The molecule has 0 spiro atoms. The maximum atomic E-state index is 12.8. The van der Waals surface area contributed by atoms with Crippen LogP contribution >= 0.6 is 0 Å². The second-order valence-electron chi connectivity index (χ2n) is 7.23. The summed E-state index contributed by atoms with van der Waals surface area (Å²) in [6.07, 6.45) is 0.802. The Hall–Kier alpha value is -3.61. The molecule has 0 fully saturated rings. The predicted molar refractivity (Wildman–Crippen MR) is 119 cm³/mol. The first-order chi connectivity index (χ1) is 14.6. The Labute approximate surface area is 174 Å². The summed E-state index contributed by atoms with van der Waals surface area (Å²) in [6, 6.07) is 19.3. The average molecular weight is 403 g/mol. The van der Waals surface area contributed by atoms with Gasteiger partial charge in [-0.1, -0.05) is 30.3 Å². The minimum absolute atomic E-state index is 0.146. The molecule has 2 aromatic heterocycles. The van der Waals surface area contributed by atoms with E-state index in [0.717, 1.165) is 29.7 Å². The van der Waals surface area contributed by atoms with Gasteiger partial charge in [-0.2, -0.15) is 5.10 Å². The van der Waals surface area contributed by atoms with E-state index < -0.39 is 0 Å². The lowest BCUT2D eigenvalue weighted by Gasteiger charge is -2.19. The van der Waals surface area contributed by atoms with E-state index in [1.54, 1.807) is 15.1 Å². The fourth-order valence-electron chi connectivity index (χ4n) is 3.68. The molecule has 4 aromatic rings. The molecule has 7 heteroatoms. The Bertz CT molecular complexity index is 1240. The van der Waals surface area contributed by atoms with Crippen LogP contribution in [0.25, 0.3) is 16.6 Å². The number of hydrogen-bond acceptors (Lipinski definition) is 4. The number of hydrogen-bond donors (Lipinski definition) is 1. The zero-order chi connectivity index (χ0) is 21.1. The van der Waals surface area contributed by atoms with Crippen LogP contribution in [0.2, 0.25) is 0 Å². The number of aromatic nitrogens is 3. The van der Waals surface area contributed by atoms with Crippen molar-refractivity contribution in [1.82, 2.24) is 19.5 Å². The molecule has 0 atom stereocenters. The van der Waals surface area contributed by atoms with Crippen LogP contribution in [0.4, 0.5) is 5.69 Å². The molecule has 30 heavy (non-hydrogen) atoms. The summed E-state index contributed by atoms with van der Waals surface area (Å²) >= 11 is 0. The molecular weight excluding hydrogens is 378 g/mol. The molecule has 0 aliphatic heterocycles. The fourth-order valence-corrected chi connectivity index (χ4v) is 3.68. The van der Waals surface area contributed by atoms with Gasteiger partial charge < -0.3 is 14.8 Å². The fraction of sp³-hybridized carbons (Fsp3) is 0.261. The van der Waals surface area contributed by atoms with Crippen LogP contribution in [0.3, 0.4) is 0 Å². The van der Waals surface area contributed by atoms with Gasteiger partial charge in [-0.15, -0.1) is 0 Å². The van der Waals surface area contributed by atoms with Crippen molar-refractivity contribution in [3.63, 3.8) is 0 Å². The van der Waals surface area contributed by atoms with Crippen LogP contribution in [0.15, 0.2) is 65.5 Å². The molecule has 0 saturated heterocycles. The Balaban J connectivity index is 1.48. The van der Waals surface area contributed by atoms with Crippen molar-refractivity contribution in [3.05, 3.63) is 76.7 Å². The van der Waals surface area contributed by atoms with Crippen molar-refractivity contribution < 1.29 is 4.79 Å². The number of aryl methyl sites for hydroxylation is 1. The second-order valence-corrected chi connectivity index (χ2v) is 7.23. The molecule has 1 amide bonds. The number of fused-ring (bicyclic) bond motifs is 3. The van der Waals surface area contributed by atoms with Crippen molar-refractivity contribution in [1.29, 1.82) is 0 Å². The van der Waals surface area contributed by atoms with Gasteiger partial charge in [0.2, 0.25) is 0 Å². The van der Waals surface area contributed by atoms with Gasteiger partial charge in [0.25, 0.3) is 11.5 Å². The largest absolute Gasteiger partial charge is 0.375 e. The zero-order valence-corrected chi connectivity index (χ0v) is 17.2. The van der Waals surface area contributed by atoms with Gasteiger partial charge in [-0.25, -0.2) is 4.52 Å². The number of benzene rings is 2. The highest BCUT2D eigenvalue weighted by molar-refractivity contribution is 5.94. The van der Waals surface area contributed by atoms with Gasteiger partial charge >= 0.3 is 0 Å². The highest BCUT2D eigenvalue weighted by Crippen LogP contribution is 2.15. The summed E-state index contributed by atoms with van der Waals surface area (Å²) in [5.74, 6) is -0.271. The molecule has 4 rings (SSSR count). The van der Waals surface area contributed by atoms with Crippen molar-refractivity contribution in [3.8, 4) is 0 Å². The first-order valence-electron chi connectivity index (χ1n) is 10.2. The van der Waals surface area contributed by atoms with E-state index in [1.165, 1.54) is 0 Å². The highest BCUT2D eigenvalue weighted by Gasteiger charge is 2.16. The van der Waals surface area contributed by atoms with E-state index in [-0.39, 0.29) is 17.2 Å². The first-order valence-corrected chi connectivity index (χ1v) is 10.2. The van der Waals surface area contributed by atoms with Crippen molar-refractivity contribution >= 4 is 28.1 Å². The molecular formula is C23H25N5O2. The molecule has 0 aliphatic carbocycles. The van der Waals surface area contributed by atoms with Crippen molar-refractivity contribution in [2.75, 3.05) is 25.0 Å². The number of nitrogens with zero attached hydrogens (tertiary/aromatic N) is 4. The monoisotopic (exact) mass is 403 g/mol. The van der Waals surface area contributed by atoms with Gasteiger partial charge in [0.1, 0.15) is 5.52 Å². The molecule has 0 unspecified atom stereocenters. The lowest BCUT2D eigenvalue weighted by atomic mass is 10.2. The third-order valence-electron chi connectivity index (χ3n) is 5.28. The molecule has 0 radical (unpaired) electrons. The average Bonchev–Trinajstić information content (AvgIpc) is 3.24. The van der Waals surface area contributed by atoms with Crippen LogP contribution in [-0.2, 0) is 6.54 Å². The van der Waals surface area contributed by atoms with E-state index in [9.17, 15) is 9.59 Å². The SMILES string of the molecule is CCn1c(=O)c2cc(C(=O)NCCCN(C)c3ccccc3)nn2c2ccccc21. The summed E-state index contributed by atoms with van der Waals surface area (Å²) < 4.78 is 3.27. The normalized spacial score (nSPS) is 11.1. The van der Waals surface area contributed by atoms with Crippen LogP contribution in [-0.4, -0.2) is 40.2 Å². The molecule has 0 saturated carbocycles. The summed E-state index contributed by atoms with van der Waals surface area (Å²) in [7, 11) is 2.03. The third kappa shape index (κ3) is 3.66. The molecule has 2 heterocycles. The topological polar surface area (TPSA) is 71.6 Å². The lowest BCUT2D eigenvalue weighted by molar-refractivity contribution is 0.0948. The lowest BCUT2D eigenvalue weighted by Crippen LogP contribution is -2.28. The van der Waals surface area contributed by atoms with Crippen molar-refractivity contribution in [2.24, 2.45) is 0 Å². The number of nitrogens with one attached hydrogen (secondary N) is 1. The van der Waals surface area contributed by atoms with E-state index >= 15 is 0 Å². The van der Waals surface area contributed by atoms with Crippen LogP contribution in [0, 0.1) is 0 Å². The summed E-state index contributed by atoms with van der Waals surface area (Å²) in [5, 5.41) is 7.33. The number of carbonyl (C=O) groups is 1. The number of para-hydroxylation sites is 3. The maximum absolute atomic E-state index is 12.8. The number of anilines is 1. The number of rotatable bonds is 7. The van der Waals surface area contributed by atoms with Crippen LogP contribution in [0.1, 0.15) is 23.8 Å². The second kappa shape index (κ2) is 8.41. The highest BCUT2D eigenvalue weighted by atomic mass is 16.2. The van der Waals surface area contributed by atoms with E-state index in [2.05, 4.69) is 27.4 Å². The Kier molecular flexibility index (Phi) is 5.52. The Morgan fingerprint density at radius 3 is 2.47 bits per heavy atom. The number of carbonyl (C=O) groups excluding carboxylic acids is 1. The van der Waals surface area contributed by atoms with E-state index in [4.69, 9.17) is 0 Å². The molecule has 0 aliphatic rings. The van der Waals surface area contributed by atoms with Gasteiger partial charge in [0.15, 0.2) is 5.69 Å². The van der Waals surface area contributed by atoms with E-state index in [1.807, 2.05) is 56.4 Å². The molecule has 1 N–H and O–H groups in total. The number of amides is 1. The molecule has 2 aromatic carbocycles. The zero-order valence-electron chi connectivity index (χ0n) is 17.2. The minimum Gasteiger partial charge on any atom is -0.375 e. The van der Waals surface area contributed by atoms with Crippen molar-refractivity contribution in [2.45, 2.75) is 19.9 Å². The van der Waals surface area contributed by atoms with Gasteiger partial charge in [-0.05, 0) is 37.6 Å². The van der Waals surface area contributed by atoms with Gasteiger partial charge in [0.05, 0.1) is 11.0 Å². The summed E-state index contributed by atoms with van der Waals surface area (Å²) in [5.41, 5.74) is 3.26. The maximum Gasteiger partial charge on any atom is 0.277 e. The first kappa shape index (κ1) is 19.7. The predicted octanol–water partition coefficient (Wildman–Crippen LogP) is 2.93. The summed E-state index contributed by atoms with van der Waals surface area (Å²) in [4.78, 5) is 27.6. The summed E-state index contributed by atoms with van der Waals surface area (Å²) in [6.45, 7) is 3.84. The van der Waals surface area contributed by atoms with Crippen LogP contribution in [0.5, 0.6) is 0 Å². The molecule has 0 bridgehead atoms. The molecule has 7 nitrogen and oxygen atoms in total. The molecule has 154 valence electrons. The van der Waals surface area contributed by atoms with E-state index in [0.29, 0.717) is 18.6 Å². The third-order valence-corrected chi connectivity index (χ3v) is 5.28. The standard InChI is InChI=1S/C23H25N5O2/c1-3-27-19-12-7-8-13-20(19)28-21(23(27)30)16-18(25-28)22(29)24-14-9-15-26(2)17-10-5-4-6-11-17/h4-8,10-13,16H,3,9,14-15H2,1-2H3,(H,24,29). The van der Waals surface area contributed by atoms with Crippen LogP contribution < -0.4 is 15.8 Å². The van der Waals surface area contributed by atoms with Gasteiger partial charge in [-0.3, -0.25) is 9.59 Å². The Morgan fingerprint density at radius 1 is 1.03 bits per heavy atom.